The summed E-state index contributed by atoms with van der Waals surface area (Å²) < 4.78 is 10.6. The van der Waals surface area contributed by atoms with E-state index >= 15 is 0 Å². The Kier molecular flexibility index (Phi) is 6.61. The molecule has 102 valence electrons. The van der Waals surface area contributed by atoms with Gasteiger partial charge in [-0.05, 0) is 19.1 Å². The number of ether oxygens (including phenoxy) is 2. The van der Waals surface area contributed by atoms with Crippen molar-refractivity contribution in [2.45, 2.75) is 6.92 Å². The van der Waals surface area contributed by atoms with Crippen molar-refractivity contribution in [2.75, 3.05) is 30.5 Å². The van der Waals surface area contributed by atoms with Gasteiger partial charge in [-0.25, -0.2) is 0 Å². The molecule has 19 heavy (non-hydrogen) atoms. The molecule has 6 heteroatoms. The number of carbonyl (C=O) groups excluding carboxylic acids is 1. The molecule has 0 aliphatic carbocycles. The molecule has 1 amide bonds. The number of hydrogen-bond donors (Lipinski definition) is 1. The first kappa shape index (κ1) is 15.2. The van der Waals surface area contributed by atoms with Crippen molar-refractivity contribution >= 4 is 23.4 Å². The summed E-state index contributed by atoms with van der Waals surface area (Å²) in [7, 11) is 1.55. The third-order valence-electron chi connectivity index (χ3n) is 2.15. The van der Waals surface area contributed by atoms with Gasteiger partial charge in [0, 0.05) is 11.8 Å². The lowest BCUT2D eigenvalue weighted by molar-refractivity contribution is -0.113. The van der Waals surface area contributed by atoms with Gasteiger partial charge in [0.1, 0.15) is 0 Å². The molecule has 0 saturated carbocycles. The van der Waals surface area contributed by atoms with Gasteiger partial charge < -0.3 is 14.8 Å². The van der Waals surface area contributed by atoms with Crippen LogP contribution >= 0.6 is 11.8 Å². The summed E-state index contributed by atoms with van der Waals surface area (Å²) in [6.07, 6.45) is 0. The van der Waals surface area contributed by atoms with Gasteiger partial charge in [-0.3, -0.25) is 4.79 Å². The van der Waals surface area contributed by atoms with E-state index in [1.165, 1.54) is 11.8 Å². The van der Waals surface area contributed by atoms with Crippen LogP contribution in [0.3, 0.4) is 0 Å². The number of thioether (sulfide) groups is 1. The zero-order valence-corrected chi connectivity index (χ0v) is 11.8. The van der Waals surface area contributed by atoms with Gasteiger partial charge in [0.15, 0.2) is 11.5 Å². The van der Waals surface area contributed by atoms with Crippen LogP contribution in [0.25, 0.3) is 0 Å². The van der Waals surface area contributed by atoms with E-state index in [0.717, 1.165) is 0 Å². The zero-order chi connectivity index (χ0) is 14.1. The van der Waals surface area contributed by atoms with E-state index in [1.807, 2.05) is 13.0 Å². The van der Waals surface area contributed by atoms with E-state index in [1.54, 1.807) is 25.3 Å². The van der Waals surface area contributed by atoms with Crippen LogP contribution in [0, 0.1) is 11.3 Å². The maximum Gasteiger partial charge on any atom is 0.234 e. The monoisotopic (exact) mass is 280 g/mol. The third-order valence-corrected chi connectivity index (χ3v) is 2.95. The number of rotatable bonds is 7. The number of hydrogen-bond acceptors (Lipinski definition) is 5. The number of amides is 1. The number of benzene rings is 1. The van der Waals surface area contributed by atoms with Crippen LogP contribution in [-0.2, 0) is 4.79 Å². The Bertz CT molecular complexity index is 471. The molecule has 1 aromatic rings. The SMILES string of the molecule is CCOc1ccc(NC(=O)CSCC#N)cc1OC. The Morgan fingerprint density at radius 1 is 1.47 bits per heavy atom. The molecule has 0 heterocycles. The molecule has 0 fully saturated rings. The number of nitrogens with zero attached hydrogens (tertiary/aromatic N) is 1. The van der Waals surface area contributed by atoms with Gasteiger partial charge >= 0.3 is 0 Å². The Hall–Kier alpha value is -1.87. The summed E-state index contributed by atoms with van der Waals surface area (Å²) in [5.74, 6) is 1.63. The molecule has 0 aliphatic rings. The zero-order valence-electron chi connectivity index (χ0n) is 10.9. The highest BCUT2D eigenvalue weighted by Crippen LogP contribution is 2.30. The Labute approximate surface area is 116 Å². The van der Waals surface area contributed by atoms with E-state index in [4.69, 9.17) is 14.7 Å². The molecule has 5 nitrogen and oxygen atoms in total. The summed E-state index contributed by atoms with van der Waals surface area (Å²) in [6.45, 7) is 2.44. The molecular weight excluding hydrogens is 264 g/mol. The van der Waals surface area contributed by atoms with Gasteiger partial charge in [-0.2, -0.15) is 5.26 Å². The van der Waals surface area contributed by atoms with Gasteiger partial charge in [0.25, 0.3) is 0 Å². The van der Waals surface area contributed by atoms with Gasteiger partial charge in [-0.1, -0.05) is 0 Å². The quantitative estimate of drug-likeness (QED) is 0.776. The molecule has 0 radical (unpaired) electrons. The van der Waals surface area contributed by atoms with E-state index in [9.17, 15) is 4.79 Å². The third kappa shape index (κ3) is 5.10. The van der Waals surface area contributed by atoms with Crippen LogP contribution < -0.4 is 14.8 Å². The molecule has 0 aliphatic heterocycles. The maximum atomic E-state index is 11.6. The molecule has 0 bridgehead atoms. The number of nitriles is 1. The lowest BCUT2D eigenvalue weighted by Crippen LogP contribution is -2.14. The van der Waals surface area contributed by atoms with Crippen molar-refractivity contribution in [3.8, 4) is 17.6 Å². The predicted molar refractivity (Wildman–Crippen MR) is 75.7 cm³/mol. The minimum atomic E-state index is -0.147. The lowest BCUT2D eigenvalue weighted by atomic mass is 10.2. The van der Waals surface area contributed by atoms with Crippen LogP contribution in [0.15, 0.2) is 18.2 Å². The minimum absolute atomic E-state index is 0.147. The second-order valence-corrected chi connectivity index (χ2v) is 4.48. The topological polar surface area (TPSA) is 71.3 Å². The Morgan fingerprint density at radius 2 is 2.26 bits per heavy atom. The van der Waals surface area contributed by atoms with Crippen molar-refractivity contribution in [3.05, 3.63) is 18.2 Å². The summed E-state index contributed by atoms with van der Waals surface area (Å²) in [5.41, 5.74) is 0.642. The predicted octanol–water partition coefficient (Wildman–Crippen LogP) is 2.29. The standard InChI is InChI=1S/C13H16N2O3S/c1-3-18-11-5-4-10(8-12(11)17-2)15-13(16)9-19-7-6-14/h4-5,8H,3,7,9H2,1-2H3,(H,15,16). The second-order valence-electron chi connectivity index (χ2n) is 3.50. The second kappa shape index (κ2) is 8.27. The highest BCUT2D eigenvalue weighted by molar-refractivity contribution is 8.00. The van der Waals surface area contributed by atoms with Crippen LogP contribution in [0.2, 0.25) is 0 Å². The fraction of sp³-hybridized carbons (Fsp3) is 0.385. The molecule has 0 atom stereocenters. The smallest absolute Gasteiger partial charge is 0.234 e. The average Bonchev–Trinajstić information content (AvgIpc) is 2.41. The van der Waals surface area contributed by atoms with Crippen LogP contribution in [-0.4, -0.2) is 31.1 Å². The lowest BCUT2D eigenvalue weighted by Gasteiger charge is -2.11. The van der Waals surface area contributed by atoms with Gasteiger partial charge in [0.2, 0.25) is 5.91 Å². The van der Waals surface area contributed by atoms with Gasteiger partial charge in [0.05, 0.1) is 31.3 Å². The fourth-order valence-electron chi connectivity index (χ4n) is 1.41. The average molecular weight is 280 g/mol. The van der Waals surface area contributed by atoms with Gasteiger partial charge in [-0.15, -0.1) is 11.8 Å². The molecule has 0 unspecified atom stereocenters. The number of nitrogens with one attached hydrogen (secondary N) is 1. The van der Waals surface area contributed by atoms with E-state index in [0.29, 0.717) is 29.5 Å². The van der Waals surface area contributed by atoms with Crippen LogP contribution in [0.1, 0.15) is 6.92 Å². The fourth-order valence-corrected chi connectivity index (χ4v) is 1.86. The van der Waals surface area contributed by atoms with Crippen molar-refractivity contribution < 1.29 is 14.3 Å². The first-order chi connectivity index (χ1) is 9.21. The largest absolute Gasteiger partial charge is 0.493 e. The molecule has 0 spiro atoms. The molecule has 1 aromatic carbocycles. The highest BCUT2D eigenvalue weighted by atomic mass is 32.2. The molecule has 0 saturated heterocycles. The Balaban J connectivity index is 2.64. The number of anilines is 1. The molecule has 1 rings (SSSR count). The van der Waals surface area contributed by atoms with Crippen molar-refractivity contribution in [1.29, 1.82) is 5.26 Å². The first-order valence-electron chi connectivity index (χ1n) is 5.76. The number of carbonyl (C=O) groups is 1. The summed E-state index contributed by atoms with van der Waals surface area (Å²) in [6, 6.07) is 7.18. The van der Waals surface area contributed by atoms with E-state index < -0.39 is 0 Å². The summed E-state index contributed by atoms with van der Waals surface area (Å²) in [4.78, 5) is 11.6. The minimum Gasteiger partial charge on any atom is -0.493 e. The first-order valence-corrected chi connectivity index (χ1v) is 6.92. The van der Waals surface area contributed by atoms with E-state index in [2.05, 4.69) is 5.32 Å². The van der Waals surface area contributed by atoms with Crippen molar-refractivity contribution in [1.82, 2.24) is 0 Å². The number of methoxy groups -OCH3 is 1. The molecular formula is C13H16N2O3S. The Morgan fingerprint density at radius 3 is 2.89 bits per heavy atom. The normalized spacial score (nSPS) is 9.53. The van der Waals surface area contributed by atoms with Crippen molar-refractivity contribution in [3.63, 3.8) is 0 Å². The highest BCUT2D eigenvalue weighted by Gasteiger charge is 2.07. The van der Waals surface area contributed by atoms with E-state index in [-0.39, 0.29) is 11.7 Å². The maximum absolute atomic E-state index is 11.6. The molecule has 0 aromatic heterocycles. The van der Waals surface area contributed by atoms with Crippen molar-refractivity contribution in [2.24, 2.45) is 0 Å². The summed E-state index contributed by atoms with van der Waals surface area (Å²) >= 11 is 1.27. The summed E-state index contributed by atoms with van der Waals surface area (Å²) in [5, 5.41) is 11.1. The molecule has 1 N–H and O–H groups in total. The van der Waals surface area contributed by atoms with Crippen LogP contribution in [0.4, 0.5) is 5.69 Å². The van der Waals surface area contributed by atoms with Crippen LogP contribution in [0.5, 0.6) is 11.5 Å².